The molecule has 0 heterocycles. The number of nitrogens with one attached hydrogen (secondary N) is 1. The summed E-state index contributed by atoms with van der Waals surface area (Å²) in [5.41, 5.74) is 2.21. The molecule has 2 unspecified atom stereocenters. The van der Waals surface area contributed by atoms with Gasteiger partial charge in [-0.15, -0.1) is 0 Å². The third-order valence-electron chi connectivity index (χ3n) is 3.61. The zero-order valence-electron chi connectivity index (χ0n) is 13.2. The summed E-state index contributed by atoms with van der Waals surface area (Å²) in [4.78, 5) is 0. The summed E-state index contributed by atoms with van der Waals surface area (Å²) in [7, 11) is 0. The van der Waals surface area contributed by atoms with Crippen molar-refractivity contribution < 1.29 is 9.13 Å². The zero-order chi connectivity index (χ0) is 15.0. The Morgan fingerprint density at radius 3 is 2.55 bits per heavy atom. The molecule has 2 atom stereocenters. The van der Waals surface area contributed by atoms with Crippen LogP contribution in [0.5, 0.6) is 0 Å². The van der Waals surface area contributed by atoms with Crippen molar-refractivity contribution in [3.05, 3.63) is 35.1 Å². The second kappa shape index (κ2) is 9.09. The largest absolute Gasteiger partial charge is 0.377 e. The van der Waals surface area contributed by atoms with E-state index in [4.69, 9.17) is 4.74 Å². The van der Waals surface area contributed by atoms with Gasteiger partial charge in [0.05, 0.1) is 6.10 Å². The Labute approximate surface area is 122 Å². The van der Waals surface area contributed by atoms with Gasteiger partial charge in [0.2, 0.25) is 0 Å². The van der Waals surface area contributed by atoms with Crippen LogP contribution in [0.1, 0.15) is 44.7 Å². The first kappa shape index (κ1) is 17.1. The second-order valence-corrected chi connectivity index (χ2v) is 5.22. The van der Waals surface area contributed by atoms with Crippen molar-refractivity contribution in [2.24, 2.45) is 0 Å². The van der Waals surface area contributed by atoms with Gasteiger partial charge in [0.25, 0.3) is 0 Å². The van der Waals surface area contributed by atoms with Crippen molar-refractivity contribution in [2.45, 2.75) is 59.1 Å². The number of hydrogen-bond acceptors (Lipinski definition) is 2. The lowest BCUT2D eigenvalue weighted by atomic mass is 9.95. The van der Waals surface area contributed by atoms with Gasteiger partial charge in [-0.05, 0) is 56.5 Å². The highest BCUT2D eigenvalue weighted by molar-refractivity contribution is 5.27. The van der Waals surface area contributed by atoms with E-state index < -0.39 is 0 Å². The van der Waals surface area contributed by atoms with E-state index in [0.29, 0.717) is 0 Å². The van der Waals surface area contributed by atoms with Gasteiger partial charge in [0.15, 0.2) is 0 Å². The first-order valence-electron chi connectivity index (χ1n) is 7.72. The molecule has 1 rings (SSSR count). The lowest BCUT2D eigenvalue weighted by molar-refractivity contribution is 0.0285. The number of rotatable bonds is 9. The molecular weight excluding hydrogens is 253 g/mol. The summed E-state index contributed by atoms with van der Waals surface area (Å²) in [6.45, 7) is 9.94. The molecule has 0 spiro atoms. The average molecular weight is 281 g/mol. The molecule has 0 fully saturated rings. The van der Waals surface area contributed by atoms with E-state index in [1.165, 1.54) is 5.56 Å². The monoisotopic (exact) mass is 281 g/mol. The fourth-order valence-electron chi connectivity index (χ4n) is 2.62. The third kappa shape index (κ3) is 5.22. The first-order valence-corrected chi connectivity index (χ1v) is 7.72. The fraction of sp³-hybridized carbons (Fsp3) is 0.647. The van der Waals surface area contributed by atoms with E-state index in [2.05, 4.69) is 19.2 Å². The molecule has 0 aliphatic heterocycles. The zero-order valence-corrected chi connectivity index (χ0v) is 13.2. The van der Waals surface area contributed by atoms with Crippen LogP contribution in [0.25, 0.3) is 0 Å². The summed E-state index contributed by atoms with van der Waals surface area (Å²) >= 11 is 0. The predicted octanol–water partition coefficient (Wildman–Crippen LogP) is 3.86. The standard InChI is InChI=1S/C17H28FNO/c1-5-8-17(20-7-3)16(19-6-2)12-14-9-10-15(18)11-13(14)4/h9-11,16-17,19H,5-8,12H2,1-4H3. The van der Waals surface area contributed by atoms with E-state index in [-0.39, 0.29) is 18.0 Å². The van der Waals surface area contributed by atoms with Gasteiger partial charge in [-0.1, -0.05) is 26.3 Å². The molecule has 0 amide bonds. The minimum Gasteiger partial charge on any atom is -0.377 e. The molecule has 1 N–H and O–H groups in total. The molecule has 1 aromatic rings. The Morgan fingerprint density at radius 2 is 2.00 bits per heavy atom. The Hall–Kier alpha value is -0.930. The van der Waals surface area contributed by atoms with Gasteiger partial charge in [0.1, 0.15) is 5.82 Å². The van der Waals surface area contributed by atoms with Crippen LogP contribution >= 0.6 is 0 Å². The summed E-state index contributed by atoms with van der Waals surface area (Å²) in [6.07, 6.45) is 3.25. The molecule has 2 nitrogen and oxygen atoms in total. The molecule has 114 valence electrons. The molecule has 0 aliphatic rings. The summed E-state index contributed by atoms with van der Waals surface area (Å²) in [5, 5.41) is 3.52. The normalized spacial score (nSPS) is 14.2. The van der Waals surface area contributed by atoms with Crippen molar-refractivity contribution in [1.82, 2.24) is 5.32 Å². The number of halogens is 1. The molecule has 0 radical (unpaired) electrons. The topological polar surface area (TPSA) is 21.3 Å². The molecule has 0 aromatic heterocycles. The Bertz CT molecular complexity index is 389. The number of aryl methyl sites for hydroxylation is 1. The van der Waals surface area contributed by atoms with Crippen LogP contribution in [-0.4, -0.2) is 25.3 Å². The van der Waals surface area contributed by atoms with Gasteiger partial charge in [-0.25, -0.2) is 4.39 Å². The van der Waals surface area contributed by atoms with Gasteiger partial charge >= 0.3 is 0 Å². The van der Waals surface area contributed by atoms with Crippen LogP contribution in [0.4, 0.5) is 4.39 Å². The molecule has 20 heavy (non-hydrogen) atoms. The van der Waals surface area contributed by atoms with Crippen LogP contribution in [0.15, 0.2) is 18.2 Å². The third-order valence-corrected chi connectivity index (χ3v) is 3.61. The summed E-state index contributed by atoms with van der Waals surface area (Å²) in [5.74, 6) is -0.166. The van der Waals surface area contributed by atoms with E-state index >= 15 is 0 Å². The Kier molecular flexibility index (Phi) is 7.78. The second-order valence-electron chi connectivity index (χ2n) is 5.22. The number of benzene rings is 1. The highest BCUT2D eigenvalue weighted by atomic mass is 19.1. The minimum absolute atomic E-state index is 0.166. The van der Waals surface area contributed by atoms with E-state index in [1.807, 2.05) is 19.9 Å². The summed E-state index contributed by atoms with van der Waals surface area (Å²) < 4.78 is 19.1. The molecular formula is C17H28FNO. The fourth-order valence-corrected chi connectivity index (χ4v) is 2.62. The molecule has 1 aromatic carbocycles. The number of likely N-dealkylation sites (N-methyl/N-ethyl adjacent to an activating group) is 1. The lowest BCUT2D eigenvalue weighted by Gasteiger charge is -2.28. The van der Waals surface area contributed by atoms with E-state index in [1.54, 1.807) is 12.1 Å². The van der Waals surface area contributed by atoms with Crippen molar-refractivity contribution in [2.75, 3.05) is 13.2 Å². The van der Waals surface area contributed by atoms with Crippen molar-refractivity contribution >= 4 is 0 Å². The van der Waals surface area contributed by atoms with Gasteiger partial charge < -0.3 is 10.1 Å². The Balaban J connectivity index is 2.83. The maximum absolute atomic E-state index is 13.2. The van der Waals surface area contributed by atoms with E-state index in [0.717, 1.165) is 38.0 Å². The van der Waals surface area contributed by atoms with Crippen LogP contribution in [0.3, 0.4) is 0 Å². The number of ether oxygens (including phenoxy) is 1. The highest BCUT2D eigenvalue weighted by Gasteiger charge is 2.21. The highest BCUT2D eigenvalue weighted by Crippen LogP contribution is 2.17. The molecule has 0 saturated carbocycles. The van der Waals surface area contributed by atoms with Crippen LogP contribution < -0.4 is 5.32 Å². The van der Waals surface area contributed by atoms with Crippen LogP contribution in [-0.2, 0) is 11.2 Å². The smallest absolute Gasteiger partial charge is 0.123 e. The maximum Gasteiger partial charge on any atom is 0.123 e. The minimum atomic E-state index is -0.166. The SMILES string of the molecule is CCCC(OCC)C(Cc1ccc(F)cc1C)NCC. The lowest BCUT2D eigenvalue weighted by Crippen LogP contribution is -2.43. The van der Waals surface area contributed by atoms with Crippen LogP contribution in [0, 0.1) is 12.7 Å². The predicted molar refractivity (Wildman–Crippen MR) is 82.6 cm³/mol. The van der Waals surface area contributed by atoms with Gasteiger partial charge in [0, 0.05) is 12.6 Å². The average Bonchev–Trinajstić information content (AvgIpc) is 2.41. The number of hydrogen-bond donors (Lipinski definition) is 1. The van der Waals surface area contributed by atoms with Crippen molar-refractivity contribution in [3.8, 4) is 0 Å². The van der Waals surface area contributed by atoms with Crippen molar-refractivity contribution in [1.29, 1.82) is 0 Å². The summed E-state index contributed by atoms with van der Waals surface area (Å²) in [6, 6.07) is 5.32. The quantitative estimate of drug-likeness (QED) is 0.742. The molecule has 0 aliphatic carbocycles. The molecule has 0 saturated heterocycles. The molecule has 0 bridgehead atoms. The van der Waals surface area contributed by atoms with Crippen molar-refractivity contribution in [3.63, 3.8) is 0 Å². The van der Waals surface area contributed by atoms with Gasteiger partial charge in [-0.2, -0.15) is 0 Å². The Morgan fingerprint density at radius 1 is 1.25 bits per heavy atom. The molecule has 3 heteroatoms. The van der Waals surface area contributed by atoms with Crippen LogP contribution in [0.2, 0.25) is 0 Å². The van der Waals surface area contributed by atoms with Gasteiger partial charge in [-0.3, -0.25) is 0 Å². The van der Waals surface area contributed by atoms with E-state index in [9.17, 15) is 4.39 Å². The first-order chi connectivity index (χ1) is 9.62. The maximum atomic E-state index is 13.2.